The largest absolute Gasteiger partial charge is 0.379 e. The van der Waals surface area contributed by atoms with Gasteiger partial charge in [0.1, 0.15) is 5.69 Å². The standard InChI is InChI=1S/C15H19N3O4/c1-16-15(19)12-2-3-13(14(10-12)18(20)21)17-7-4-11-5-8-22-9-6-11/h2-3,5,10,17H,4,6-9H2,1H3,(H,16,19). The number of nitrogens with zero attached hydrogens (tertiary/aromatic N) is 1. The number of ether oxygens (including phenoxy) is 1. The third-order valence-electron chi connectivity index (χ3n) is 3.50. The van der Waals surface area contributed by atoms with E-state index in [-0.39, 0.29) is 17.2 Å². The zero-order valence-electron chi connectivity index (χ0n) is 12.4. The minimum absolute atomic E-state index is 0.0953. The number of amides is 1. The molecule has 0 saturated carbocycles. The first kappa shape index (κ1) is 16.0. The first-order chi connectivity index (χ1) is 10.6. The van der Waals surface area contributed by atoms with Gasteiger partial charge in [0.15, 0.2) is 0 Å². The number of rotatable bonds is 6. The average molecular weight is 305 g/mol. The molecule has 2 rings (SSSR count). The van der Waals surface area contributed by atoms with E-state index in [0.29, 0.717) is 18.8 Å². The van der Waals surface area contributed by atoms with E-state index in [0.717, 1.165) is 19.4 Å². The smallest absolute Gasteiger partial charge is 0.293 e. The molecule has 0 unspecified atom stereocenters. The Labute approximate surface area is 128 Å². The maximum atomic E-state index is 11.5. The second kappa shape index (κ2) is 7.56. The molecule has 0 aromatic heterocycles. The normalized spacial score (nSPS) is 14.1. The van der Waals surface area contributed by atoms with E-state index in [1.807, 2.05) is 6.08 Å². The van der Waals surface area contributed by atoms with Gasteiger partial charge in [-0.05, 0) is 25.0 Å². The Bertz CT molecular complexity index is 598. The second-order valence-electron chi connectivity index (χ2n) is 4.93. The van der Waals surface area contributed by atoms with Crippen molar-refractivity contribution in [2.75, 3.05) is 32.1 Å². The number of carbonyl (C=O) groups is 1. The van der Waals surface area contributed by atoms with Crippen molar-refractivity contribution < 1.29 is 14.5 Å². The average Bonchev–Trinajstić information content (AvgIpc) is 2.55. The van der Waals surface area contributed by atoms with Crippen LogP contribution < -0.4 is 10.6 Å². The molecule has 0 atom stereocenters. The van der Waals surface area contributed by atoms with Crippen LogP contribution in [0.4, 0.5) is 11.4 Å². The van der Waals surface area contributed by atoms with Gasteiger partial charge < -0.3 is 15.4 Å². The zero-order valence-corrected chi connectivity index (χ0v) is 12.4. The van der Waals surface area contributed by atoms with Crippen LogP contribution in [0.3, 0.4) is 0 Å². The third kappa shape index (κ3) is 4.05. The van der Waals surface area contributed by atoms with Crippen molar-refractivity contribution in [2.45, 2.75) is 12.8 Å². The van der Waals surface area contributed by atoms with Gasteiger partial charge in [0, 0.05) is 25.2 Å². The second-order valence-corrected chi connectivity index (χ2v) is 4.93. The lowest BCUT2D eigenvalue weighted by Crippen LogP contribution is -2.18. The van der Waals surface area contributed by atoms with Crippen molar-refractivity contribution in [1.82, 2.24) is 5.32 Å². The molecule has 7 nitrogen and oxygen atoms in total. The fourth-order valence-electron chi connectivity index (χ4n) is 2.27. The van der Waals surface area contributed by atoms with Crippen LogP contribution in [-0.4, -0.2) is 37.6 Å². The van der Waals surface area contributed by atoms with E-state index in [1.54, 1.807) is 12.1 Å². The summed E-state index contributed by atoms with van der Waals surface area (Å²) in [6.45, 7) is 1.97. The number of hydrogen-bond donors (Lipinski definition) is 2. The molecule has 1 aromatic rings. The van der Waals surface area contributed by atoms with Crippen molar-refractivity contribution >= 4 is 17.3 Å². The lowest BCUT2D eigenvalue weighted by Gasteiger charge is -2.14. The first-order valence-corrected chi connectivity index (χ1v) is 7.12. The summed E-state index contributed by atoms with van der Waals surface area (Å²) in [5, 5.41) is 16.7. The fraction of sp³-hybridized carbons (Fsp3) is 0.400. The summed E-state index contributed by atoms with van der Waals surface area (Å²) in [6, 6.07) is 4.43. The molecule has 0 saturated heterocycles. The fourth-order valence-corrected chi connectivity index (χ4v) is 2.27. The van der Waals surface area contributed by atoms with Crippen LogP contribution in [0.2, 0.25) is 0 Å². The monoisotopic (exact) mass is 305 g/mol. The summed E-state index contributed by atoms with van der Waals surface area (Å²) >= 11 is 0. The van der Waals surface area contributed by atoms with E-state index in [9.17, 15) is 14.9 Å². The maximum Gasteiger partial charge on any atom is 0.293 e. The quantitative estimate of drug-likeness (QED) is 0.477. The molecule has 0 spiro atoms. The van der Waals surface area contributed by atoms with E-state index >= 15 is 0 Å². The van der Waals surface area contributed by atoms with Crippen LogP contribution in [0, 0.1) is 10.1 Å². The van der Waals surface area contributed by atoms with Crippen molar-refractivity contribution in [3.63, 3.8) is 0 Å². The molecule has 0 bridgehead atoms. The minimum atomic E-state index is -0.484. The molecule has 0 aliphatic carbocycles. The van der Waals surface area contributed by atoms with E-state index < -0.39 is 4.92 Å². The predicted molar refractivity (Wildman–Crippen MR) is 83.1 cm³/mol. The summed E-state index contributed by atoms with van der Waals surface area (Å²) in [4.78, 5) is 22.2. The number of hydrogen-bond acceptors (Lipinski definition) is 5. The third-order valence-corrected chi connectivity index (χ3v) is 3.50. The van der Waals surface area contributed by atoms with Crippen molar-refractivity contribution in [3.8, 4) is 0 Å². The Morgan fingerprint density at radius 1 is 1.45 bits per heavy atom. The van der Waals surface area contributed by atoms with Gasteiger partial charge >= 0.3 is 0 Å². The lowest BCUT2D eigenvalue weighted by molar-refractivity contribution is -0.384. The number of anilines is 1. The van der Waals surface area contributed by atoms with Crippen LogP contribution in [0.5, 0.6) is 0 Å². The lowest BCUT2D eigenvalue weighted by atomic mass is 10.1. The summed E-state index contributed by atoms with van der Waals surface area (Å²) in [5.41, 5.74) is 1.89. The molecule has 1 aromatic carbocycles. The van der Waals surface area contributed by atoms with Gasteiger partial charge in [-0.25, -0.2) is 0 Å². The summed E-state index contributed by atoms with van der Waals surface area (Å²) in [5.74, 6) is -0.345. The maximum absolute atomic E-state index is 11.5. The van der Waals surface area contributed by atoms with Gasteiger partial charge in [-0.3, -0.25) is 14.9 Å². The van der Waals surface area contributed by atoms with Gasteiger partial charge in [0.25, 0.3) is 11.6 Å². The molecule has 2 N–H and O–H groups in total. The van der Waals surface area contributed by atoms with E-state index in [4.69, 9.17) is 4.74 Å². The van der Waals surface area contributed by atoms with E-state index in [2.05, 4.69) is 10.6 Å². The van der Waals surface area contributed by atoms with Gasteiger partial charge in [0.2, 0.25) is 0 Å². The number of nitrogens with one attached hydrogen (secondary N) is 2. The Kier molecular flexibility index (Phi) is 5.48. The van der Waals surface area contributed by atoms with E-state index in [1.165, 1.54) is 18.7 Å². The molecular formula is C15H19N3O4. The van der Waals surface area contributed by atoms with Crippen LogP contribution >= 0.6 is 0 Å². The number of nitro benzene ring substituents is 1. The van der Waals surface area contributed by atoms with Gasteiger partial charge in [-0.1, -0.05) is 11.6 Å². The highest BCUT2D eigenvalue weighted by Gasteiger charge is 2.17. The van der Waals surface area contributed by atoms with Crippen molar-refractivity contribution in [2.24, 2.45) is 0 Å². The van der Waals surface area contributed by atoms with Crippen molar-refractivity contribution in [1.29, 1.82) is 0 Å². The Hall–Kier alpha value is -2.41. The van der Waals surface area contributed by atoms with Gasteiger partial charge in [-0.2, -0.15) is 0 Å². The van der Waals surface area contributed by atoms with Crippen molar-refractivity contribution in [3.05, 3.63) is 45.5 Å². The Morgan fingerprint density at radius 2 is 2.27 bits per heavy atom. The zero-order chi connectivity index (χ0) is 15.9. The molecular weight excluding hydrogens is 286 g/mol. The minimum Gasteiger partial charge on any atom is -0.379 e. The molecule has 1 amide bonds. The SMILES string of the molecule is CNC(=O)c1ccc(NCCC2=CCOCC2)c([N+](=O)[O-])c1. The van der Waals surface area contributed by atoms with Crippen LogP contribution in [0.15, 0.2) is 29.8 Å². The highest BCUT2D eigenvalue weighted by atomic mass is 16.6. The number of carbonyl (C=O) groups excluding carboxylic acids is 1. The summed E-state index contributed by atoms with van der Waals surface area (Å²) in [7, 11) is 1.49. The molecule has 1 aliphatic rings. The van der Waals surface area contributed by atoms with Gasteiger partial charge in [0.05, 0.1) is 18.1 Å². The molecule has 1 heterocycles. The van der Waals surface area contributed by atoms with Crippen LogP contribution in [0.25, 0.3) is 0 Å². The highest BCUT2D eigenvalue weighted by Crippen LogP contribution is 2.26. The highest BCUT2D eigenvalue weighted by molar-refractivity contribution is 5.95. The van der Waals surface area contributed by atoms with Crippen LogP contribution in [-0.2, 0) is 4.74 Å². The summed E-state index contributed by atoms with van der Waals surface area (Å²) in [6.07, 6.45) is 3.77. The molecule has 0 fully saturated rings. The molecule has 1 aliphatic heterocycles. The van der Waals surface area contributed by atoms with Crippen LogP contribution in [0.1, 0.15) is 23.2 Å². The molecule has 118 valence electrons. The topological polar surface area (TPSA) is 93.5 Å². The molecule has 7 heteroatoms. The molecule has 22 heavy (non-hydrogen) atoms. The predicted octanol–water partition coefficient (Wildman–Crippen LogP) is 2.10. The number of nitro groups is 1. The van der Waals surface area contributed by atoms with Gasteiger partial charge in [-0.15, -0.1) is 0 Å². The number of benzene rings is 1. The Balaban J connectivity index is 2.04. The first-order valence-electron chi connectivity index (χ1n) is 7.12. The Morgan fingerprint density at radius 3 is 2.91 bits per heavy atom. The molecule has 0 radical (unpaired) electrons. The summed E-state index contributed by atoms with van der Waals surface area (Å²) < 4.78 is 5.24.